The molecule has 0 fully saturated rings. The Labute approximate surface area is 89.3 Å². The predicted molar refractivity (Wildman–Crippen MR) is 60.4 cm³/mol. The van der Waals surface area contributed by atoms with Crippen LogP contribution in [-0.2, 0) is 0 Å². The van der Waals surface area contributed by atoms with E-state index in [4.69, 9.17) is 16.1 Å². The lowest BCUT2D eigenvalue weighted by molar-refractivity contribution is 0.272. The third-order valence-electron chi connectivity index (χ3n) is 2.26. The van der Waals surface area contributed by atoms with Crippen LogP contribution in [-0.4, -0.2) is 17.8 Å². The summed E-state index contributed by atoms with van der Waals surface area (Å²) in [6.45, 7) is 2.07. The van der Waals surface area contributed by atoms with Crippen LogP contribution in [0.25, 0.3) is 0 Å². The van der Waals surface area contributed by atoms with Crippen LogP contribution in [0.15, 0.2) is 18.2 Å². The van der Waals surface area contributed by atoms with Crippen molar-refractivity contribution in [2.45, 2.75) is 19.4 Å². The zero-order valence-corrected chi connectivity index (χ0v) is 8.70. The maximum atomic E-state index is 9.01. The maximum Gasteiger partial charge on any atom is 0.101 e. The molecule has 0 radical (unpaired) electrons. The number of hydrogen-bond donors (Lipinski definition) is 3. The summed E-state index contributed by atoms with van der Waals surface area (Å²) >= 11 is 0. The van der Waals surface area contributed by atoms with Crippen molar-refractivity contribution < 1.29 is 5.11 Å². The molecular weight excluding hydrogens is 190 g/mol. The Morgan fingerprint density at radius 3 is 2.80 bits per heavy atom. The van der Waals surface area contributed by atoms with Gasteiger partial charge in [0.25, 0.3) is 0 Å². The number of anilines is 2. The highest BCUT2D eigenvalue weighted by molar-refractivity contribution is 5.62. The van der Waals surface area contributed by atoms with E-state index < -0.39 is 0 Å². The number of nitrogens with one attached hydrogen (secondary N) is 1. The van der Waals surface area contributed by atoms with Gasteiger partial charge in [-0.2, -0.15) is 5.26 Å². The predicted octanol–water partition coefficient (Wildman–Crippen LogP) is 1.32. The molecule has 15 heavy (non-hydrogen) atoms. The van der Waals surface area contributed by atoms with Crippen LogP contribution < -0.4 is 11.1 Å². The van der Waals surface area contributed by atoms with Crippen molar-refractivity contribution in [2.75, 3.05) is 17.7 Å². The van der Waals surface area contributed by atoms with Gasteiger partial charge in [0, 0.05) is 11.7 Å². The minimum absolute atomic E-state index is 0.0253. The van der Waals surface area contributed by atoms with Crippen LogP contribution in [0.3, 0.4) is 0 Å². The Morgan fingerprint density at radius 2 is 2.33 bits per heavy atom. The van der Waals surface area contributed by atoms with E-state index in [2.05, 4.69) is 5.32 Å². The number of nitrogens with two attached hydrogens (primary N) is 1. The molecule has 1 aromatic carbocycles. The summed E-state index contributed by atoms with van der Waals surface area (Å²) < 4.78 is 0. The molecule has 1 aromatic rings. The summed E-state index contributed by atoms with van der Waals surface area (Å²) in [6, 6.07) is 7.19. The molecule has 0 amide bonds. The highest BCUT2D eigenvalue weighted by Crippen LogP contribution is 2.18. The molecule has 0 bridgehead atoms. The van der Waals surface area contributed by atoms with Crippen LogP contribution in [0.2, 0.25) is 0 Å². The third kappa shape index (κ3) is 2.86. The average molecular weight is 205 g/mol. The molecule has 0 aromatic heterocycles. The molecule has 4 N–H and O–H groups in total. The second kappa shape index (κ2) is 5.23. The fraction of sp³-hybridized carbons (Fsp3) is 0.364. The highest BCUT2D eigenvalue weighted by atomic mass is 16.3. The number of rotatable bonds is 4. The van der Waals surface area contributed by atoms with E-state index in [9.17, 15) is 0 Å². The maximum absolute atomic E-state index is 9.01. The molecule has 80 valence electrons. The lowest BCUT2D eigenvalue weighted by Gasteiger charge is -2.15. The van der Waals surface area contributed by atoms with Gasteiger partial charge in [-0.15, -0.1) is 0 Å². The Balaban J connectivity index is 2.80. The van der Waals surface area contributed by atoms with Gasteiger partial charge >= 0.3 is 0 Å². The molecule has 1 unspecified atom stereocenters. The third-order valence-corrected chi connectivity index (χ3v) is 2.26. The van der Waals surface area contributed by atoms with E-state index in [1.54, 1.807) is 18.2 Å². The Hall–Kier alpha value is -1.73. The molecule has 0 heterocycles. The molecule has 0 saturated carbocycles. The number of nitriles is 1. The first-order chi connectivity index (χ1) is 7.21. The highest BCUT2D eigenvalue weighted by Gasteiger charge is 2.05. The van der Waals surface area contributed by atoms with Crippen LogP contribution in [0.1, 0.15) is 18.9 Å². The minimum atomic E-state index is 0.0253. The largest absolute Gasteiger partial charge is 0.398 e. The van der Waals surface area contributed by atoms with Crippen molar-refractivity contribution in [3.05, 3.63) is 23.8 Å². The Bertz CT molecular complexity index is 367. The van der Waals surface area contributed by atoms with Crippen LogP contribution in [0.4, 0.5) is 11.4 Å². The SMILES string of the molecule is CCC(CO)Nc1ccc(C#N)c(N)c1. The van der Waals surface area contributed by atoms with E-state index in [0.717, 1.165) is 12.1 Å². The van der Waals surface area contributed by atoms with E-state index in [0.29, 0.717) is 11.3 Å². The van der Waals surface area contributed by atoms with Gasteiger partial charge in [0.2, 0.25) is 0 Å². The van der Waals surface area contributed by atoms with E-state index in [-0.39, 0.29) is 12.6 Å². The van der Waals surface area contributed by atoms with Crippen molar-refractivity contribution >= 4 is 11.4 Å². The number of nitrogens with zero attached hydrogens (tertiary/aromatic N) is 1. The molecular formula is C11H15N3O. The van der Waals surface area contributed by atoms with E-state index >= 15 is 0 Å². The molecule has 0 aliphatic carbocycles. The van der Waals surface area contributed by atoms with Crippen LogP contribution in [0, 0.1) is 11.3 Å². The standard InChI is InChI=1S/C11H15N3O/c1-2-9(7-15)14-10-4-3-8(6-12)11(13)5-10/h3-5,9,14-15H,2,7,13H2,1H3. The van der Waals surface area contributed by atoms with Gasteiger partial charge in [-0.3, -0.25) is 0 Å². The first kappa shape index (κ1) is 11.3. The van der Waals surface area contributed by atoms with E-state index in [1.165, 1.54) is 0 Å². The molecule has 4 heteroatoms. The number of hydrogen-bond acceptors (Lipinski definition) is 4. The van der Waals surface area contributed by atoms with Crippen LogP contribution >= 0.6 is 0 Å². The topological polar surface area (TPSA) is 82.1 Å². The van der Waals surface area contributed by atoms with Crippen molar-refractivity contribution in [2.24, 2.45) is 0 Å². The quantitative estimate of drug-likeness (QED) is 0.647. The Morgan fingerprint density at radius 1 is 1.60 bits per heavy atom. The fourth-order valence-corrected chi connectivity index (χ4v) is 1.27. The van der Waals surface area contributed by atoms with Gasteiger partial charge in [-0.25, -0.2) is 0 Å². The summed E-state index contributed by atoms with van der Waals surface area (Å²) in [5.41, 5.74) is 7.42. The summed E-state index contributed by atoms with van der Waals surface area (Å²) in [4.78, 5) is 0. The van der Waals surface area contributed by atoms with Gasteiger partial charge in [0.05, 0.1) is 17.9 Å². The summed E-state index contributed by atoms with van der Waals surface area (Å²) in [7, 11) is 0. The number of nitrogen functional groups attached to an aromatic ring is 1. The molecule has 1 rings (SSSR count). The second-order valence-corrected chi connectivity index (χ2v) is 3.35. The van der Waals surface area contributed by atoms with Gasteiger partial charge in [0.1, 0.15) is 6.07 Å². The zero-order valence-electron chi connectivity index (χ0n) is 8.70. The molecule has 0 saturated heterocycles. The van der Waals surface area contributed by atoms with Gasteiger partial charge < -0.3 is 16.2 Å². The second-order valence-electron chi connectivity index (χ2n) is 3.35. The molecule has 4 nitrogen and oxygen atoms in total. The smallest absolute Gasteiger partial charge is 0.101 e. The normalized spacial score (nSPS) is 11.8. The van der Waals surface area contributed by atoms with Crippen molar-refractivity contribution in [1.82, 2.24) is 0 Å². The Kier molecular flexibility index (Phi) is 3.95. The van der Waals surface area contributed by atoms with Gasteiger partial charge in [-0.1, -0.05) is 6.92 Å². The van der Waals surface area contributed by atoms with Gasteiger partial charge in [0.15, 0.2) is 0 Å². The number of benzene rings is 1. The summed E-state index contributed by atoms with van der Waals surface area (Å²) in [5.74, 6) is 0. The fourth-order valence-electron chi connectivity index (χ4n) is 1.27. The average Bonchev–Trinajstić information content (AvgIpc) is 2.26. The summed E-state index contributed by atoms with van der Waals surface area (Å²) in [6.07, 6.45) is 0.830. The van der Waals surface area contributed by atoms with Crippen molar-refractivity contribution in [3.63, 3.8) is 0 Å². The lowest BCUT2D eigenvalue weighted by atomic mass is 10.1. The van der Waals surface area contributed by atoms with Crippen molar-refractivity contribution in [1.29, 1.82) is 5.26 Å². The summed E-state index contributed by atoms with van der Waals surface area (Å²) in [5, 5.41) is 20.8. The first-order valence-electron chi connectivity index (χ1n) is 4.88. The van der Waals surface area contributed by atoms with E-state index in [1.807, 2.05) is 13.0 Å². The number of aliphatic hydroxyl groups excluding tert-OH is 1. The monoisotopic (exact) mass is 205 g/mol. The molecule has 1 atom stereocenters. The van der Waals surface area contributed by atoms with Crippen molar-refractivity contribution in [3.8, 4) is 6.07 Å². The lowest BCUT2D eigenvalue weighted by Crippen LogP contribution is -2.22. The minimum Gasteiger partial charge on any atom is -0.398 e. The molecule has 0 spiro atoms. The number of aliphatic hydroxyl groups is 1. The van der Waals surface area contributed by atoms with Gasteiger partial charge in [-0.05, 0) is 24.6 Å². The zero-order chi connectivity index (χ0) is 11.3. The first-order valence-corrected chi connectivity index (χ1v) is 4.88. The molecule has 0 aliphatic rings. The molecule has 0 aliphatic heterocycles. The van der Waals surface area contributed by atoms with Crippen LogP contribution in [0.5, 0.6) is 0 Å².